The van der Waals surface area contributed by atoms with Crippen LogP contribution >= 0.6 is 11.8 Å². The zero-order valence-electron chi connectivity index (χ0n) is 76.5. The second-order valence-corrected chi connectivity index (χ2v) is 36.4. The minimum atomic E-state index is -1.88. The monoisotopic (exact) mass is 1900 g/mol. The number of rotatable bonds is 22. The van der Waals surface area contributed by atoms with Crippen molar-refractivity contribution in [2.45, 2.75) is 209 Å². The Kier molecular flexibility index (Phi) is 37.2. The highest BCUT2D eigenvalue weighted by Crippen LogP contribution is 2.31. The van der Waals surface area contributed by atoms with Crippen molar-refractivity contribution in [3.8, 4) is 5.75 Å². The van der Waals surface area contributed by atoms with Crippen molar-refractivity contribution in [2.24, 2.45) is 23.3 Å². The number of unbranched alkanes of at least 4 members (excludes halogenated alkanes) is 1. The van der Waals surface area contributed by atoms with Crippen molar-refractivity contribution in [3.63, 3.8) is 0 Å². The third-order valence-electron chi connectivity index (χ3n) is 24.5. The molecule has 728 valence electrons. The number of nitrogens with one attached hydrogen (secondary N) is 9. The molecule has 0 radical (unpaired) electrons. The number of hydrogen-bond acceptors (Lipinski definition) is 21. The summed E-state index contributed by atoms with van der Waals surface area (Å²) in [5.41, 5.74) is 14.0. The molecular weight excluding hydrogens is 1780 g/mol. The number of amides is 15. The van der Waals surface area contributed by atoms with Crippen molar-refractivity contribution in [1.82, 2.24) is 76.9 Å². The van der Waals surface area contributed by atoms with Crippen LogP contribution in [0, 0.1) is 29.3 Å². The summed E-state index contributed by atoms with van der Waals surface area (Å²) in [4.78, 5) is 249. The Hall–Kier alpha value is -13.0. The van der Waals surface area contributed by atoms with Crippen LogP contribution < -0.4 is 54.0 Å². The highest BCUT2D eigenvalue weighted by molar-refractivity contribution is 8.00. The number of H-pyrrole nitrogens is 1. The van der Waals surface area contributed by atoms with E-state index >= 15 is 66.3 Å². The molecule has 0 unspecified atom stereocenters. The number of phenolic OH excluding ortho intramolecular Hbond substituents is 1. The number of aliphatic carboxylic acids is 1. The number of aliphatic hydroxyl groups excluding tert-OH is 1. The second-order valence-electron chi connectivity index (χ2n) is 35.4. The van der Waals surface area contributed by atoms with Gasteiger partial charge in [0.2, 0.25) is 88.6 Å². The number of carboxylic acid groups (broad SMARTS) is 1. The largest absolute Gasteiger partial charge is 0.508 e. The molecule has 4 aliphatic rings. The predicted molar refractivity (Wildman–Crippen MR) is 488 cm³/mol. The number of nitrogens with zero attached hydrogens (tertiary/aromatic N) is 6. The third kappa shape index (κ3) is 27.9. The van der Waals surface area contributed by atoms with Gasteiger partial charge in [-0.1, -0.05) is 138 Å². The maximum Gasteiger partial charge on any atom is 0.303 e. The predicted octanol–water partition coefficient (Wildman–Crippen LogP) is 0.901. The van der Waals surface area contributed by atoms with E-state index in [-0.39, 0.29) is 88.8 Å². The summed E-state index contributed by atoms with van der Waals surface area (Å²) >= 11 is 0.668. The molecule has 4 aliphatic heterocycles. The summed E-state index contributed by atoms with van der Waals surface area (Å²) < 4.78 is 51.0. The topological polar surface area (TPSA) is 527 Å². The van der Waals surface area contributed by atoms with Crippen LogP contribution in [0.4, 0.5) is 13.2 Å². The molecule has 135 heavy (non-hydrogen) atoms. The van der Waals surface area contributed by atoms with Crippen LogP contribution in [0.2, 0.25) is 0 Å². The van der Waals surface area contributed by atoms with Crippen molar-refractivity contribution >= 4 is 117 Å². The third-order valence-corrected chi connectivity index (χ3v) is 25.5. The lowest BCUT2D eigenvalue weighted by Crippen LogP contribution is -2.64. The summed E-state index contributed by atoms with van der Waals surface area (Å²) in [5.74, 6) is -23.8. The van der Waals surface area contributed by atoms with E-state index in [1.807, 2.05) is 0 Å². The summed E-state index contributed by atoms with van der Waals surface area (Å²) in [5, 5.41) is 53.9. The first-order valence-corrected chi connectivity index (χ1v) is 46.1. The number of carbonyl (C=O) groups is 16. The fourth-order valence-electron chi connectivity index (χ4n) is 17.1. The van der Waals surface area contributed by atoms with E-state index < -0.39 is 265 Å². The lowest BCUT2D eigenvalue weighted by atomic mass is 9.98. The first kappa shape index (κ1) is 104. The van der Waals surface area contributed by atoms with Gasteiger partial charge in [0.15, 0.2) is 17.5 Å². The fourth-order valence-corrected chi connectivity index (χ4v) is 18.0. The number of carbonyl (C=O) groups excluding carboxylic acids is 15. The molecule has 37 nitrogen and oxygen atoms in total. The molecular formula is C94H120F3N17O20S. The Morgan fingerprint density at radius 3 is 1.75 bits per heavy atom. The molecule has 4 fully saturated rings. The number of morpholine rings is 1. The first-order chi connectivity index (χ1) is 64.2. The van der Waals surface area contributed by atoms with E-state index in [0.717, 1.165) is 29.4 Å². The van der Waals surface area contributed by atoms with Gasteiger partial charge in [0.1, 0.15) is 84.3 Å². The lowest BCUT2D eigenvalue weighted by molar-refractivity contribution is -0.154. The van der Waals surface area contributed by atoms with Gasteiger partial charge in [0, 0.05) is 115 Å². The summed E-state index contributed by atoms with van der Waals surface area (Å²) in [7, 11) is 3.76. The van der Waals surface area contributed by atoms with Crippen LogP contribution in [0.3, 0.4) is 0 Å². The van der Waals surface area contributed by atoms with E-state index in [9.17, 15) is 38.9 Å². The van der Waals surface area contributed by atoms with Crippen molar-refractivity contribution < 1.29 is 110 Å². The summed E-state index contributed by atoms with van der Waals surface area (Å²) in [6, 6.07) is 8.27. The van der Waals surface area contributed by atoms with Gasteiger partial charge in [0.25, 0.3) is 0 Å². The molecule has 16 N–H and O–H groups in total. The van der Waals surface area contributed by atoms with Crippen LogP contribution in [0.25, 0.3) is 10.9 Å². The van der Waals surface area contributed by atoms with Crippen LogP contribution in [-0.2, 0) is 114 Å². The molecule has 6 aromatic rings. The van der Waals surface area contributed by atoms with Gasteiger partial charge in [-0.15, -0.1) is 11.8 Å². The second kappa shape index (κ2) is 48.3. The maximum atomic E-state index is 15.8. The lowest BCUT2D eigenvalue weighted by Gasteiger charge is -2.38. The number of nitrogens with two attached hydrogens (primary N) is 2. The molecule has 0 bridgehead atoms. The van der Waals surface area contributed by atoms with Crippen LogP contribution in [0.5, 0.6) is 5.75 Å². The number of aliphatic hydroxyl groups is 1. The number of benzene rings is 5. The van der Waals surface area contributed by atoms with Crippen LogP contribution in [0.1, 0.15) is 114 Å². The van der Waals surface area contributed by atoms with Crippen molar-refractivity contribution in [1.29, 1.82) is 0 Å². The molecule has 41 heteroatoms. The smallest absolute Gasteiger partial charge is 0.303 e. The number of thioether (sulfide) groups is 1. The van der Waals surface area contributed by atoms with Gasteiger partial charge in [-0.2, -0.15) is 0 Å². The molecule has 5 aromatic carbocycles. The van der Waals surface area contributed by atoms with E-state index in [0.29, 0.717) is 63.5 Å². The summed E-state index contributed by atoms with van der Waals surface area (Å²) in [6.07, 6.45) is -3.22. The number of aromatic hydroxyl groups is 1. The van der Waals surface area contributed by atoms with Gasteiger partial charge < -0.3 is 108 Å². The quantitative estimate of drug-likeness (QED) is 0.0420. The van der Waals surface area contributed by atoms with Gasteiger partial charge in [0.05, 0.1) is 31.6 Å². The van der Waals surface area contributed by atoms with E-state index in [1.165, 1.54) is 45.4 Å². The SMILES string of the molecule is CCCC[C@H]1C(=O)N2C[C@H](O)C[C@@H]2C(=O)N2C[C@H](N)C[C@H]2C(=O)N[C@@H](C(C)C)C(=O)N(C)[C@@H](Cc2ccccc2)C(=O)N[C@@H](CCC(=O)O)C(=O)N2CCOC[C@@H]2C(=O)N[C@@H](Cc2c[nH]c3ccccc23)C(=O)N[C@@H](Cc2ccc(O)cc2)C(=O)N[C@@H](CC(C)C)C(=O)N[C@H](C(=O)NCC(N)=O)CSCC(=O)N[C@@H](Cc2cc(F)c(F)c(F)c2)C(=O)N(C)[C@@H](Cc2ccccc2)C(=O)N1C. The number of aromatic nitrogens is 1. The number of phenols is 1. The molecule has 0 saturated carbocycles. The van der Waals surface area contributed by atoms with Crippen molar-refractivity contribution in [3.05, 3.63) is 173 Å². The van der Waals surface area contributed by atoms with E-state index in [4.69, 9.17) is 16.2 Å². The zero-order valence-corrected chi connectivity index (χ0v) is 77.3. The minimum absolute atomic E-state index is 0.0740. The van der Waals surface area contributed by atoms with Gasteiger partial charge in [-0.25, -0.2) is 13.2 Å². The number of hydrogen-bond donors (Lipinski definition) is 14. The molecule has 4 saturated heterocycles. The highest BCUT2D eigenvalue weighted by atomic mass is 32.2. The fraction of sp³-hybridized carbons (Fsp3) is 0.489. The minimum Gasteiger partial charge on any atom is -0.508 e. The van der Waals surface area contributed by atoms with E-state index in [1.54, 1.807) is 126 Å². The Balaban J connectivity index is 1.06. The standard InChI is InChI=1S/C94H120F3N17O20S/c1-9-10-25-71-92(131)114-47-60(116)43-75(114)93(132)113-46-58(98)42-73(113)87(126)108-81(52(4)5)94(133)110(7)72(39-53-19-13-11-14-20-53)86(125)103-65(30-31-79(119)120)90(129)112-32-33-134-48-76(112)88(127)106-68(41-57-44-100-64-24-18-17-23-61(57)64)85(124)105-67(37-55-26-28-59(115)29-27-55)84(123)104-66(34-51(2)3)83(122)107-70(82(121)101-45-77(99)117)49-135-50-78(118)102-69(38-56-35-62(95)80(97)63(96)36-56)89(128)111(8)74(91(130)109(71)6)40-54-21-15-12-16-22-54/h11-24,26-29,35-36,44,51-52,58,60,65-76,81,100,115-116H,9-10,25,30-34,37-43,45-50,98H2,1-8H3,(H2,99,117)(H,101,121)(H,102,118)(H,103,125)(H,104,123)(H,105,124)(H,106,127)(H,107,122)(H,108,126)(H,119,120)/t58-,60-,65+,66+,67+,68+,69+,70+,71+,72+,73+,74+,75-,76-,81+/m1/s1. The number of halogens is 3. The number of fused-ring (bicyclic) bond motifs is 4. The normalized spacial score (nSPS) is 25.1. The zero-order chi connectivity index (χ0) is 98.3. The number of ether oxygens (including phenoxy) is 1. The average Bonchev–Trinajstić information content (AvgIpc) is 1.62. The Bertz CT molecular complexity index is 5250. The first-order valence-electron chi connectivity index (χ1n) is 44.9. The molecule has 15 atom stereocenters. The highest BCUT2D eigenvalue weighted by Gasteiger charge is 2.51. The van der Waals surface area contributed by atoms with Crippen LogP contribution in [0.15, 0.2) is 128 Å². The van der Waals surface area contributed by atoms with Gasteiger partial charge >= 0.3 is 5.97 Å². The molecule has 15 amide bonds. The summed E-state index contributed by atoms with van der Waals surface area (Å²) in [6.45, 7) is 5.79. The van der Waals surface area contributed by atoms with Crippen LogP contribution in [-0.4, -0.2) is 307 Å². The number of likely N-dealkylation sites (N-methyl/N-ethyl adjacent to an activating group) is 3. The van der Waals surface area contributed by atoms with Crippen molar-refractivity contribution in [2.75, 3.05) is 72.0 Å². The molecule has 10 rings (SSSR count). The number of primary amides is 1. The number of aromatic amines is 1. The van der Waals surface area contributed by atoms with Gasteiger partial charge in [-0.3, -0.25) is 76.7 Å². The number of para-hydroxylation sites is 1. The average molecular weight is 1900 g/mol. The molecule has 0 spiro atoms. The Morgan fingerprint density at radius 2 is 1.12 bits per heavy atom. The molecule has 1 aromatic heterocycles. The Labute approximate surface area is 782 Å². The number of carboxylic acids is 1. The molecule has 5 heterocycles. The maximum absolute atomic E-state index is 15.8. The Morgan fingerprint density at radius 1 is 0.556 bits per heavy atom. The van der Waals surface area contributed by atoms with E-state index in [2.05, 4.69) is 47.5 Å². The molecule has 0 aliphatic carbocycles. The van der Waals surface area contributed by atoms with Gasteiger partial charge in [-0.05, 0) is 95.7 Å².